The van der Waals surface area contributed by atoms with Gasteiger partial charge in [0.25, 0.3) is 0 Å². The topological polar surface area (TPSA) is 78.9 Å². The van der Waals surface area contributed by atoms with Crippen molar-refractivity contribution < 1.29 is 28.6 Å². The van der Waals surface area contributed by atoms with Gasteiger partial charge in [-0.05, 0) is 31.1 Å². The van der Waals surface area contributed by atoms with E-state index in [0.29, 0.717) is 19.3 Å². The first kappa shape index (κ1) is 56.4. The molecule has 0 saturated carbocycles. The SMILES string of the molecule is CCCCCCCCCCCCC(=O)OC[C@H](COC(=O)CCCCCCCCCCCCCCCCCCC(C)C)OC(=O)CCCCCCCCCCC(C)C. The highest BCUT2D eigenvalue weighted by molar-refractivity contribution is 5.71. The van der Waals surface area contributed by atoms with E-state index in [0.717, 1.165) is 69.6 Å². The predicted octanol–water partition coefficient (Wildman–Crippen LogP) is 16.5. The maximum Gasteiger partial charge on any atom is 0.306 e. The Morgan fingerprint density at radius 2 is 0.569 bits per heavy atom. The second-order valence-corrected chi connectivity index (χ2v) is 18.8. The van der Waals surface area contributed by atoms with Crippen LogP contribution in [0.4, 0.5) is 0 Å². The van der Waals surface area contributed by atoms with E-state index < -0.39 is 6.10 Å². The van der Waals surface area contributed by atoms with Crippen molar-refractivity contribution in [2.24, 2.45) is 11.8 Å². The van der Waals surface area contributed by atoms with Crippen molar-refractivity contribution in [3.63, 3.8) is 0 Å². The first-order chi connectivity index (χ1) is 28.2. The van der Waals surface area contributed by atoms with Crippen molar-refractivity contribution in [1.29, 1.82) is 0 Å². The van der Waals surface area contributed by atoms with Crippen LogP contribution < -0.4 is 0 Å². The Balaban J connectivity index is 4.22. The van der Waals surface area contributed by atoms with Crippen LogP contribution in [0.1, 0.15) is 285 Å². The maximum atomic E-state index is 12.7. The molecule has 0 saturated heterocycles. The molecular formula is C52H100O6. The number of hydrogen-bond donors (Lipinski definition) is 0. The summed E-state index contributed by atoms with van der Waals surface area (Å²) in [5.41, 5.74) is 0. The van der Waals surface area contributed by atoms with Crippen LogP contribution in [0.3, 0.4) is 0 Å². The van der Waals surface area contributed by atoms with Crippen LogP contribution in [0.5, 0.6) is 0 Å². The van der Waals surface area contributed by atoms with Gasteiger partial charge in [-0.25, -0.2) is 0 Å². The normalized spacial score (nSPS) is 12.1. The molecule has 0 aromatic rings. The smallest absolute Gasteiger partial charge is 0.306 e. The zero-order chi connectivity index (χ0) is 42.6. The van der Waals surface area contributed by atoms with Crippen molar-refractivity contribution in [2.45, 2.75) is 291 Å². The van der Waals surface area contributed by atoms with Gasteiger partial charge < -0.3 is 14.2 Å². The minimum absolute atomic E-state index is 0.0641. The van der Waals surface area contributed by atoms with E-state index in [1.54, 1.807) is 0 Å². The first-order valence-corrected chi connectivity index (χ1v) is 25.7. The number of carbonyl (C=O) groups excluding carboxylic acids is 3. The molecule has 6 heteroatoms. The zero-order valence-corrected chi connectivity index (χ0v) is 39.7. The number of carbonyl (C=O) groups is 3. The van der Waals surface area contributed by atoms with Crippen molar-refractivity contribution in [3.05, 3.63) is 0 Å². The van der Waals surface area contributed by atoms with Gasteiger partial charge in [0, 0.05) is 19.3 Å². The summed E-state index contributed by atoms with van der Waals surface area (Å²) in [6, 6.07) is 0. The molecule has 58 heavy (non-hydrogen) atoms. The second kappa shape index (κ2) is 44.9. The van der Waals surface area contributed by atoms with Crippen molar-refractivity contribution >= 4 is 17.9 Å². The number of esters is 3. The Morgan fingerprint density at radius 1 is 0.328 bits per heavy atom. The fraction of sp³-hybridized carbons (Fsp3) is 0.942. The summed E-state index contributed by atoms with van der Waals surface area (Å²) >= 11 is 0. The molecule has 6 nitrogen and oxygen atoms in total. The quantitative estimate of drug-likeness (QED) is 0.0346. The maximum absolute atomic E-state index is 12.7. The summed E-state index contributed by atoms with van der Waals surface area (Å²) in [4.78, 5) is 37.8. The summed E-state index contributed by atoms with van der Waals surface area (Å²) in [7, 11) is 0. The van der Waals surface area contributed by atoms with E-state index in [1.165, 1.54) is 173 Å². The minimum Gasteiger partial charge on any atom is -0.462 e. The Bertz CT molecular complexity index is 885. The highest BCUT2D eigenvalue weighted by Gasteiger charge is 2.19. The lowest BCUT2D eigenvalue weighted by Crippen LogP contribution is -2.30. The lowest BCUT2D eigenvalue weighted by molar-refractivity contribution is -0.167. The van der Waals surface area contributed by atoms with Gasteiger partial charge in [-0.2, -0.15) is 0 Å². The molecule has 0 aromatic carbocycles. The van der Waals surface area contributed by atoms with E-state index in [-0.39, 0.29) is 31.1 Å². The molecule has 0 radical (unpaired) electrons. The first-order valence-electron chi connectivity index (χ1n) is 25.7. The molecular weight excluding hydrogens is 721 g/mol. The van der Waals surface area contributed by atoms with Crippen molar-refractivity contribution in [2.75, 3.05) is 13.2 Å². The van der Waals surface area contributed by atoms with E-state index >= 15 is 0 Å². The molecule has 344 valence electrons. The summed E-state index contributed by atoms with van der Waals surface area (Å²) in [5, 5.41) is 0. The molecule has 0 spiro atoms. The summed E-state index contributed by atoms with van der Waals surface area (Å²) < 4.78 is 16.8. The highest BCUT2D eigenvalue weighted by Crippen LogP contribution is 2.17. The molecule has 0 aliphatic carbocycles. The Hall–Kier alpha value is -1.59. The predicted molar refractivity (Wildman–Crippen MR) is 247 cm³/mol. The molecule has 1 atom stereocenters. The van der Waals surface area contributed by atoms with Gasteiger partial charge >= 0.3 is 17.9 Å². The molecule has 0 aliphatic rings. The molecule has 0 rings (SSSR count). The van der Waals surface area contributed by atoms with Crippen LogP contribution in [-0.2, 0) is 28.6 Å². The second-order valence-electron chi connectivity index (χ2n) is 18.8. The van der Waals surface area contributed by atoms with Crippen LogP contribution in [0.2, 0.25) is 0 Å². The molecule has 0 heterocycles. The van der Waals surface area contributed by atoms with Gasteiger partial charge in [0.15, 0.2) is 6.10 Å². The lowest BCUT2D eigenvalue weighted by atomic mass is 10.0. The van der Waals surface area contributed by atoms with E-state index in [9.17, 15) is 14.4 Å². The van der Waals surface area contributed by atoms with Crippen LogP contribution in [0.25, 0.3) is 0 Å². The highest BCUT2D eigenvalue weighted by atomic mass is 16.6. The van der Waals surface area contributed by atoms with Gasteiger partial charge in [-0.3, -0.25) is 14.4 Å². The van der Waals surface area contributed by atoms with Gasteiger partial charge in [-0.1, -0.05) is 247 Å². The molecule has 0 N–H and O–H groups in total. The van der Waals surface area contributed by atoms with Gasteiger partial charge in [0.05, 0.1) is 0 Å². The van der Waals surface area contributed by atoms with Crippen LogP contribution in [0.15, 0.2) is 0 Å². The average molecular weight is 821 g/mol. The largest absolute Gasteiger partial charge is 0.462 e. The molecule has 0 aromatic heterocycles. The third-order valence-corrected chi connectivity index (χ3v) is 11.7. The Morgan fingerprint density at radius 3 is 0.845 bits per heavy atom. The van der Waals surface area contributed by atoms with Gasteiger partial charge in [0.1, 0.15) is 13.2 Å². The van der Waals surface area contributed by atoms with Crippen LogP contribution >= 0.6 is 0 Å². The lowest BCUT2D eigenvalue weighted by Gasteiger charge is -2.18. The number of unbranched alkanes of at least 4 members (excludes halogenated alkanes) is 31. The molecule has 0 bridgehead atoms. The van der Waals surface area contributed by atoms with Gasteiger partial charge in [0.2, 0.25) is 0 Å². The zero-order valence-electron chi connectivity index (χ0n) is 39.7. The van der Waals surface area contributed by atoms with Gasteiger partial charge in [-0.15, -0.1) is 0 Å². The molecule has 0 aliphatic heterocycles. The number of rotatable bonds is 46. The third kappa shape index (κ3) is 45.5. The molecule has 0 unspecified atom stereocenters. The fourth-order valence-electron chi connectivity index (χ4n) is 7.81. The van der Waals surface area contributed by atoms with Crippen molar-refractivity contribution in [1.82, 2.24) is 0 Å². The van der Waals surface area contributed by atoms with E-state index in [4.69, 9.17) is 14.2 Å². The standard InChI is InChI=1S/C52H100O6/c1-6-7-8-9-10-11-21-27-32-37-42-50(53)56-45-49(58-52(55)44-39-34-29-24-23-26-31-36-41-48(4)5)46-57-51(54)43-38-33-28-22-19-17-15-13-12-14-16-18-20-25-30-35-40-47(2)3/h47-49H,6-46H2,1-5H3/t49-/m1/s1. The minimum atomic E-state index is -0.761. The monoisotopic (exact) mass is 821 g/mol. The molecule has 0 fully saturated rings. The average Bonchev–Trinajstić information content (AvgIpc) is 3.19. The summed E-state index contributed by atoms with van der Waals surface area (Å²) in [5.74, 6) is 0.794. The fourth-order valence-corrected chi connectivity index (χ4v) is 7.81. The number of hydrogen-bond acceptors (Lipinski definition) is 6. The Labute approximate surface area is 361 Å². The number of ether oxygens (including phenoxy) is 3. The summed E-state index contributed by atoms with van der Waals surface area (Å²) in [6.45, 7) is 11.3. The van der Waals surface area contributed by atoms with Crippen LogP contribution in [0, 0.1) is 11.8 Å². The van der Waals surface area contributed by atoms with E-state index in [1.807, 2.05) is 0 Å². The third-order valence-electron chi connectivity index (χ3n) is 11.7. The molecule has 0 amide bonds. The summed E-state index contributed by atoms with van der Waals surface area (Å²) in [6.07, 6.45) is 45.3. The van der Waals surface area contributed by atoms with E-state index in [2.05, 4.69) is 34.6 Å². The van der Waals surface area contributed by atoms with Crippen molar-refractivity contribution in [3.8, 4) is 0 Å². The van der Waals surface area contributed by atoms with Crippen LogP contribution in [-0.4, -0.2) is 37.2 Å². The Kier molecular flexibility index (Phi) is 43.7.